The molecule has 22 heavy (non-hydrogen) atoms. The normalized spacial score (nSPS) is 25.9. The van der Waals surface area contributed by atoms with E-state index in [1.54, 1.807) is 6.08 Å². The van der Waals surface area contributed by atoms with Crippen LogP contribution in [0.4, 0.5) is 0 Å². The summed E-state index contributed by atoms with van der Waals surface area (Å²) in [6.45, 7) is 0. The largest absolute Gasteiger partial charge is 0.548 e. The molecule has 1 aromatic rings. The molecule has 1 fully saturated rings. The third kappa shape index (κ3) is 2.41. The molecule has 116 valence electrons. The second-order valence-corrected chi connectivity index (χ2v) is 5.95. The number of hydrogen-bond acceptors (Lipinski definition) is 5. The number of carbonyl (C=O) groups excluding carboxylic acids is 3. The lowest BCUT2D eigenvalue weighted by atomic mass is 9.85. The third-order valence-corrected chi connectivity index (χ3v) is 4.46. The number of aromatic amines is 1. The van der Waals surface area contributed by atoms with Crippen LogP contribution in [-0.2, 0) is 20.8 Å². The number of likely N-dealkylation sites (tertiary alicyclic amines) is 1. The predicted molar refractivity (Wildman–Crippen MR) is 73.1 cm³/mol. The molecule has 7 nitrogen and oxygen atoms in total. The second kappa shape index (κ2) is 5.57. The summed E-state index contributed by atoms with van der Waals surface area (Å²) in [5.74, 6) is -3.53. The van der Waals surface area contributed by atoms with Gasteiger partial charge < -0.3 is 14.9 Å². The van der Waals surface area contributed by atoms with Gasteiger partial charge in [-0.3, -0.25) is 14.5 Å². The zero-order chi connectivity index (χ0) is 15.9. The zero-order valence-electron chi connectivity index (χ0n) is 11.5. The van der Waals surface area contributed by atoms with Crippen LogP contribution in [0.15, 0.2) is 23.6 Å². The van der Waals surface area contributed by atoms with E-state index in [4.69, 9.17) is 11.6 Å². The quantitative estimate of drug-likeness (QED) is 0.758. The SMILES string of the molecule is O=C([O-])[C@@H](Cc1cnc[nH]1)N1C(=O)[C@H]2CC=C(Cl)C[C@H]2C1=O. The van der Waals surface area contributed by atoms with Crippen molar-refractivity contribution < 1.29 is 19.5 Å². The first-order valence-corrected chi connectivity index (χ1v) is 7.26. The number of nitrogens with one attached hydrogen (secondary N) is 1. The molecular formula is C14H13ClN3O4-. The summed E-state index contributed by atoms with van der Waals surface area (Å²) in [5, 5.41) is 12.0. The fourth-order valence-electron chi connectivity index (χ4n) is 3.04. The van der Waals surface area contributed by atoms with Crippen LogP contribution in [0.2, 0.25) is 0 Å². The van der Waals surface area contributed by atoms with E-state index in [-0.39, 0.29) is 12.8 Å². The number of halogens is 1. The summed E-state index contributed by atoms with van der Waals surface area (Å²) in [7, 11) is 0. The molecule has 0 spiro atoms. The first-order chi connectivity index (χ1) is 10.5. The van der Waals surface area contributed by atoms with E-state index in [2.05, 4.69) is 9.97 Å². The van der Waals surface area contributed by atoms with Crippen LogP contribution in [0.5, 0.6) is 0 Å². The molecule has 0 unspecified atom stereocenters. The summed E-state index contributed by atoms with van der Waals surface area (Å²) < 4.78 is 0. The van der Waals surface area contributed by atoms with Gasteiger partial charge in [0, 0.05) is 23.3 Å². The standard InChI is InChI=1S/C14H14ClN3O4/c15-7-1-2-9-10(3-7)13(20)18(12(9)19)11(14(21)22)4-8-5-16-6-17-8/h1,5-6,9-11H,2-4H2,(H,16,17)(H,21,22)/p-1/t9-,10+,11+/m0/s1. The molecule has 3 atom stereocenters. The molecule has 1 aliphatic carbocycles. The number of hydrogen-bond donors (Lipinski definition) is 1. The van der Waals surface area contributed by atoms with E-state index in [0.717, 1.165) is 4.90 Å². The van der Waals surface area contributed by atoms with Gasteiger partial charge in [0.05, 0.1) is 30.2 Å². The van der Waals surface area contributed by atoms with Crippen molar-refractivity contribution in [1.29, 1.82) is 0 Å². The zero-order valence-corrected chi connectivity index (χ0v) is 12.2. The molecule has 1 saturated heterocycles. The van der Waals surface area contributed by atoms with Gasteiger partial charge in [-0.15, -0.1) is 0 Å². The number of H-pyrrole nitrogens is 1. The Morgan fingerprint density at radius 2 is 2.18 bits per heavy atom. The van der Waals surface area contributed by atoms with Crippen LogP contribution >= 0.6 is 11.6 Å². The minimum Gasteiger partial charge on any atom is -0.548 e. The van der Waals surface area contributed by atoms with Gasteiger partial charge in [-0.25, -0.2) is 4.98 Å². The molecule has 1 aliphatic heterocycles. The highest BCUT2D eigenvalue weighted by Gasteiger charge is 2.50. The van der Waals surface area contributed by atoms with Gasteiger partial charge in [-0.2, -0.15) is 0 Å². The summed E-state index contributed by atoms with van der Waals surface area (Å²) in [6, 6.07) is -1.34. The molecule has 2 aliphatic rings. The monoisotopic (exact) mass is 322 g/mol. The first-order valence-electron chi connectivity index (χ1n) is 6.88. The summed E-state index contributed by atoms with van der Waals surface area (Å²) in [4.78, 5) is 43.8. The van der Waals surface area contributed by atoms with Crippen molar-refractivity contribution in [3.8, 4) is 0 Å². The van der Waals surface area contributed by atoms with Crippen molar-refractivity contribution in [2.45, 2.75) is 25.3 Å². The van der Waals surface area contributed by atoms with Crippen LogP contribution in [0.3, 0.4) is 0 Å². The second-order valence-electron chi connectivity index (χ2n) is 5.47. The maximum absolute atomic E-state index is 12.5. The van der Waals surface area contributed by atoms with E-state index in [9.17, 15) is 19.5 Å². The summed E-state index contributed by atoms with van der Waals surface area (Å²) in [6.07, 6.45) is 5.14. The minimum atomic E-state index is -1.46. The number of amides is 2. The van der Waals surface area contributed by atoms with E-state index in [1.807, 2.05) is 0 Å². The summed E-state index contributed by atoms with van der Waals surface area (Å²) >= 11 is 5.94. The number of rotatable bonds is 4. The van der Waals surface area contributed by atoms with Crippen molar-refractivity contribution in [3.63, 3.8) is 0 Å². The number of carbonyl (C=O) groups is 3. The highest BCUT2D eigenvalue weighted by Crippen LogP contribution is 2.39. The van der Waals surface area contributed by atoms with Gasteiger partial charge in [0.1, 0.15) is 0 Å². The van der Waals surface area contributed by atoms with E-state index < -0.39 is 35.7 Å². The molecule has 1 aromatic heterocycles. The number of aliphatic carboxylic acids is 1. The average Bonchev–Trinajstić information content (AvgIpc) is 3.05. The molecule has 1 N–H and O–H groups in total. The van der Waals surface area contributed by atoms with Gasteiger partial charge in [0.25, 0.3) is 0 Å². The van der Waals surface area contributed by atoms with Crippen molar-refractivity contribution in [2.24, 2.45) is 11.8 Å². The fraction of sp³-hybridized carbons (Fsp3) is 0.429. The van der Waals surface area contributed by atoms with Crippen LogP contribution < -0.4 is 5.11 Å². The molecule has 3 rings (SSSR count). The third-order valence-electron chi connectivity index (χ3n) is 4.16. The van der Waals surface area contributed by atoms with Crippen LogP contribution in [0, 0.1) is 11.8 Å². The Hall–Kier alpha value is -2.15. The number of imidazole rings is 1. The molecule has 2 heterocycles. The van der Waals surface area contributed by atoms with Gasteiger partial charge in [0.15, 0.2) is 0 Å². The topological polar surface area (TPSA) is 106 Å². The van der Waals surface area contributed by atoms with Gasteiger partial charge in [0.2, 0.25) is 11.8 Å². The van der Waals surface area contributed by atoms with Crippen molar-refractivity contribution >= 4 is 29.4 Å². The lowest BCUT2D eigenvalue weighted by molar-refractivity contribution is -0.310. The predicted octanol–water partition coefficient (Wildman–Crippen LogP) is -0.412. The number of carboxylic acid groups (broad SMARTS) is 1. The number of nitrogens with zero attached hydrogens (tertiary/aromatic N) is 2. The lowest BCUT2D eigenvalue weighted by Gasteiger charge is -2.27. The average molecular weight is 323 g/mol. The summed E-state index contributed by atoms with van der Waals surface area (Å²) in [5.41, 5.74) is 0.515. The number of aromatic nitrogens is 2. The van der Waals surface area contributed by atoms with Crippen LogP contribution in [0.25, 0.3) is 0 Å². The minimum absolute atomic E-state index is 0.0551. The van der Waals surface area contributed by atoms with Crippen LogP contribution in [-0.4, -0.2) is 38.7 Å². The highest BCUT2D eigenvalue weighted by atomic mass is 35.5. The Bertz CT molecular complexity index is 655. The van der Waals surface area contributed by atoms with Crippen molar-refractivity contribution in [3.05, 3.63) is 29.3 Å². The Kier molecular flexibility index (Phi) is 3.74. The number of allylic oxidation sites excluding steroid dienone is 2. The Morgan fingerprint density at radius 1 is 1.45 bits per heavy atom. The maximum Gasteiger partial charge on any atom is 0.234 e. The smallest absolute Gasteiger partial charge is 0.234 e. The number of imide groups is 1. The van der Waals surface area contributed by atoms with Gasteiger partial charge in [-0.05, 0) is 12.8 Å². The Labute approximate surface area is 131 Å². The lowest BCUT2D eigenvalue weighted by Crippen LogP contribution is -2.52. The molecule has 0 bridgehead atoms. The maximum atomic E-state index is 12.5. The Morgan fingerprint density at radius 3 is 2.82 bits per heavy atom. The number of fused-ring (bicyclic) bond motifs is 1. The van der Waals surface area contributed by atoms with E-state index >= 15 is 0 Å². The van der Waals surface area contributed by atoms with Gasteiger partial charge >= 0.3 is 0 Å². The molecule has 0 radical (unpaired) electrons. The molecule has 2 amide bonds. The molecular weight excluding hydrogens is 310 g/mol. The molecule has 0 saturated carbocycles. The molecule has 8 heteroatoms. The van der Waals surface area contributed by atoms with E-state index in [1.165, 1.54) is 12.5 Å². The van der Waals surface area contributed by atoms with Crippen LogP contribution in [0.1, 0.15) is 18.5 Å². The van der Waals surface area contributed by atoms with Crippen molar-refractivity contribution in [2.75, 3.05) is 0 Å². The number of carboxylic acids is 1. The van der Waals surface area contributed by atoms with Gasteiger partial charge in [-0.1, -0.05) is 17.7 Å². The molecule has 0 aromatic carbocycles. The van der Waals surface area contributed by atoms with Crippen molar-refractivity contribution in [1.82, 2.24) is 14.9 Å². The highest BCUT2D eigenvalue weighted by molar-refractivity contribution is 6.30. The van der Waals surface area contributed by atoms with E-state index in [0.29, 0.717) is 17.1 Å². The Balaban J connectivity index is 1.87. The fourth-order valence-corrected chi connectivity index (χ4v) is 3.30. The first kappa shape index (κ1) is 14.8.